The number of hydrogen-bond donors (Lipinski definition) is 0. The van der Waals surface area contributed by atoms with E-state index in [4.69, 9.17) is 4.42 Å². The average molecular weight is 530 g/mol. The van der Waals surface area contributed by atoms with Gasteiger partial charge in [0.25, 0.3) is 0 Å². The lowest BCUT2D eigenvalue weighted by Crippen LogP contribution is -2.63. The van der Waals surface area contributed by atoms with Crippen molar-refractivity contribution in [3.05, 3.63) is 95.0 Å². The normalized spacial score (nSPS) is 13.5. The molecular weight excluding hydrogens is 491 g/mol. The Labute approximate surface area is 237 Å². The number of furan rings is 1. The highest BCUT2D eigenvalue weighted by atomic mass is 16.3. The molecule has 5 aromatic rings. The number of pyridine rings is 1. The third kappa shape index (κ3) is 4.17. The predicted molar refractivity (Wildman–Crippen MR) is 167 cm³/mol. The van der Waals surface area contributed by atoms with Gasteiger partial charge in [-0.05, 0) is 74.2 Å². The Hall–Kier alpha value is -4.06. The van der Waals surface area contributed by atoms with Crippen molar-refractivity contribution in [1.29, 1.82) is 0 Å². The molecule has 4 heterocycles. The first-order valence-electron chi connectivity index (χ1n) is 14.3. The molecule has 0 amide bonds. The molecule has 6 heteroatoms. The molecule has 0 atom stereocenters. The zero-order chi connectivity index (χ0) is 28.3. The van der Waals surface area contributed by atoms with Crippen molar-refractivity contribution >= 4 is 35.4 Å². The fraction of sp³-hybridized carbons (Fsp3) is 0.294. The molecule has 0 bridgehead atoms. The lowest BCUT2D eigenvalue weighted by atomic mass is 9.51. The topological polar surface area (TPSA) is 38.1 Å². The number of anilines is 1. The van der Waals surface area contributed by atoms with Gasteiger partial charge >= 0.3 is 6.85 Å². The highest BCUT2D eigenvalue weighted by Crippen LogP contribution is 2.39. The first-order valence-corrected chi connectivity index (χ1v) is 14.3. The summed E-state index contributed by atoms with van der Waals surface area (Å²) in [5.41, 5.74) is 11.7. The second-order valence-electron chi connectivity index (χ2n) is 11.8. The number of allylic oxidation sites excluding steroid dienone is 1. The predicted octanol–water partition coefficient (Wildman–Crippen LogP) is 6.96. The number of fused-ring (bicyclic) bond motifs is 3. The van der Waals surface area contributed by atoms with Gasteiger partial charge in [-0.2, -0.15) is 0 Å². The number of hydrogen-bond acceptors (Lipinski definition) is 3. The van der Waals surface area contributed by atoms with E-state index in [1.54, 1.807) is 0 Å². The van der Waals surface area contributed by atoms with Crippen LogP contribution in [-0.2, 0) is 7.05 Å². The molecule has 0 aliphatic carbocycles. The van der Waals surface area contributed by atoms with E-state index in [1.807, 2.05) is 6.92 Å². The second-order valence-corrected chi connectivity index (χ2v) is 11.8. The molecule has 2 aromatic carbocycles. The largest absolute Gasteiger partial charge is 0.436 e. The number of aryl methyl sites for hydroxylation is 2. The maximum Gasteiger partial charge on any atom is 0.423 e. The highest BCUT2D eigenvalue weighted by Gasteiger charge is 2.43. The fourth-order valence-electron chi connectivity index (χ4n) is 6.27. The monoisotopic (exact) mass is 529 g/mol. The number of aromatic nitrogens is 3. The second kappa shape index (κ2) is 9.85. The van der Waals surface area contributed by atoms with Crippen molar-refractivity contribution in [2.45, 2.75) is 53.4 Å². The van der Waals surface area contributed by atoms with Gasteiger partial charge < -0.3 is 9.23 Å². The van der Waals surface area contributed by atoms with E-state index < -0.39 is 0 Å². The molecule has 6 rings (SSSR count). The first kappa shape index (κ1) is 26.2. The third-order valence-electron chi connectivity index (χ3n) is 8.28. The Bertz CT molecular complexity index is 1730. The van der Waals surface area contributed by atoms with Crippen LogP contribution in [-0.4, -0.2) is 23.4 Å². The van der Waals surface area contributed by atoms with E-state index in [1.165, 1.54) is 39.1 Å². The maximum absolute atomic E-state index is 6.24. The summed E-state index contributed by atoms with van der Waals surface area (Å²) in [7, 11) is 4.33. The van der Waals surface area contributed by atoms with Crippen LogP contribution in [0.3, 0.4) is 0 Å². The van der Waals surface area contributed by atoms with E-state index >= 15 is 0 Å². The van der Waals surface area contributed by atoms with Gasteiger partial charge in [-0.25, -0.2) is 14.1 Å². The zero-order valence-electron chi connectivity index (χ0n) is 24.9. The van der Waals surface area contributed by atoms with Gasteiger partial charge in [0.15, 0.2) is 5.76 Å². The van der Waals surface area contributed by atoms with Gasteiger partial charge in [-0.3, -0.25) is 0 Å². The van der Waals surface area contributed by atoms with E-state index in [0.717, 1.165) is 22.5 Å². The molecule has 0 radical (unpaired) electrons. The summed E-state index contributed by atoms with van der Waals surface area (Å²) in [6.45, 7) is 13.5. The fourth-order valence-corrected chi connectivity index (χ4v) is 6.27. The van der Waals surface area contributed by atoms with E-state index in [9.17, 15) is 0 Å². The van der Waals surface area contributed by atoms with Gasteiger partial charge in [-0.15, -0.1) is 0 Å². The van der Waals surface area contributed by atoms with Gasteiger partial charge in [0.1, 0.15) is 18.1 Å². The molecule has 0 fully saturated rings. The molecule has 1 aliphatic heterocycles. The summed E-state index contributed by atoms with van der Waals surface area (Å²) in [6.07, 6.45) is 6.61. The SMILES string of the molecule is CC1=Cc2oc3nc(C)ccc3c2N(C)B1c1n(-c2c(C(C)C)cc(-c3ccccc3)cc2C(C)C)cc[n+]1C. The number of benzene rings is 2. The highest BCUT2D eigenvalue weighted by molar-refractivity contribution is 6.82. The maximum atomic E-state index is 6.24. The Kier molecular flexibility index (Phi) is 6.45. The van der Waals surface area contributed by atoms with E-state index in [0.29, 0.717) is 17.5 Å². The van der Waals surface area contributed by atoms with Crippen LogP contribution in [0.15, 0.2) is 76.9 Å². The van der Waals surface area contributed by atoms with Crippen LogP contribution in [0.25, 0.3) is 34.0 Å². The van der Waals surface area contributed by atoms with Crippen molar-refractivity contribution in [3.8, 4) is 16.8 Å². The Morgan fingerprint density at radius 1 is 0.875 bits per heavy atom. The Morgan fingerprint density at radius 3 is 2.20 bits per heavy atom. The van der Waals surface area contributed by atoms with Crippen LogP contribution in [0.5, 0.6) is 0 Å². The zero-order valence-corrected chi connectivity index (χ0v) is 24.9. The molecule has 202 valence electrons. The summed E-state index contributed by atoms with van der Waals surface area (Å²) in [6, 6.07) is 19.7. The van der Waals surface area contributed by atoms with Gasteiger partial charge in [0.2, 0.25) is 11.4 Å². The van der Waals surface area contributed by atoms with Crippen molar-refractivity contribution in [1.82, 2.24) is 9.55 Å². The van der Waals surface area contributed by atoms with Gasteiger partial charge in [-0.1, -0.05) is 63.5 Å². The molecule has 3 aromatic heterocycles. The van der Waals surface area contributed by atoms with Crippen LogP contribution in [0.2, 0.25) is 0 Å². The average Bonchev–Trinajstić information content (AvgIpc) is 3.47. The molecule has 0 spiro atoms. The number of imidazole rings is 1. The molecule has 0 saturated carbocycles. The van der Waals surface area contributed by atoms with Crippen LogP contribution in [0, 0.1) is 6.92 Å². The molecule has 40 heavy (non-hydrogen) atoms. The van der Waals surface area contributed by atoms with Gasteiger partial charge in [0.05, 0.1) is 18.1 Å². The smallest absolute Gasteiger partial charge is 0.423 e. The van der Waals surface area contributed by atoms with Crippen molar-refractivity contribution in [3.63, 3.8) is 0 Å². The van der Waals surface area contributed by atoms with E-state index in [2.05, 4.69) is 141 Å². The minimum atomic E-state index is 0.0310. The number of nitrogens with zero attached hydrogens (tertiary/aromatic N) is 4. The molecule has 0 N–H and O–H groups in total. The van der Waals surface area contributed by atoms with Crippen molar-refractivity contribution < 1.29 is 8.98 Å². The molecule has 5 nitrogen and oxygen atoms in total. The lowest BCUT2D eigenvalue weighted by Gasteiger charge is -2.29. The van der Waals surface area contributed by atoms with Crippen LogP contribution in [0.1, 0.15) is 69.0 Å². The minimum absolute atomic E-state index is 0.0310. The van der Waals surface area contributed by atoms with Crippen LogP contribution in [0.4, 0.5) is 5.69 Å². The lowest BCUT2D eigenvalue weighted by molar-refractivity contribution is -0.653. The minimum Gasteiger partial charge on any atom is -0.436 e. The standard InChI is InChI=1S/C34H38BN4O/c1-21(2)28-19-26(25-12-10-9-11-13-25)20-29(22(3)4)31(28)39-17-16-37(7)34(39)35-23(5)18-30-32(38(35)8)27-15-14-24(6)36-33(27)40-30/h9-22H,1-8H3/q+1. The first-order chi connectivity index (χ1) is 19.2. The molecule has 0 saturated heterocycles. The van der Waals surface area contributed by atoms with Gasteiger partial charge in [0, 0.05) is 16.8 Å². The van der Waals surface area contributed by atoms with E-state index in [-0.39, 0.29) is 6.85 Å². The summed E-state index contributed by atoms with van der Waals surface area (Å²) in [5.74, 6) is 1.59. The third-order valence-corrected chi connectivity index (χ3v) is 8.28. The quantitative estimate of drug-likeness (QED) is 0.183. The Balaban J connectivity index is 1.57. The van der Waals surface area contributed by atoms with Crippen LogP contribution < -0.4 is 15.1 Å². The summed E-state index contributed by atoms with van der Waals surface area (Å²) in [5, 5.41) is 1.05. The summed E-state index contributed by atoms with van der Waals surface area (Å²) in [4.78, 5) is 7.04. The Morgan fingerprint density at radius 2 is 1.55 bits per heavy atom. The molecule has 1 aliphatic rings. The van der Waals surface area contributed by atoms with Crippen molar-refractivity contribution in [2.75, 3.05) is 11.9 Å². The molecule has 0 unspecified atom stereocenters. The summed E-state index contributed by atoms with van der Waals surface area (Å²) >= 11 is 0. The summed E-state index contributed by atoms with van der Waals surface area (Å²) < 4.78 is 10.9. The van der Waals surface area contributed by atoms with Crippen molar-refractivity contribution in [2.24, 2.45) is 7.05 Å². The number of rotatable bonds is 5. The van der Waals surface area contributed by atoms with Crippen LogP contribution >= 0.6 is 0 Å². The molecular formula is C34H38BN4O+.